The van der Waals surface area contributed by atoms with E-state index in [1.807, 2.05) is 41.9 Å². The number of hydrogen-bond donors (Lipinski definition) is 1. The first-order valence-corrected chi connectivity index (χ1v) is 5.92. The lowest BCUT2D eigenvalue weighted by Crippen LogP contribution is -1.93. The zero-order valence-corrected chi connectivity index (χ0v) is 10.6. The second-order valence-corrected chi connectivity index (χ2v) is 4.59. The molecule has 4 heteroatoms. The van der Waals surface area contributed by atoms with Crippen LogP contribution in [0.4, 0.5) is 5.82 Å². The molecule has 0 amide bonds. The van der Waals surface area contributed by atoms with E-state index in [2.05, 4.69) is 11.1 Å². The molecule has 1 radical (unpaired) electrons. The number of nitrogens with two attached hydrogens (primary N) is 1. The molecule has 2 heterocycles. The molecule has 0 fully saturated rings. The van der Waals surface area contributed by atoms with Crippen molar-refractivity contribution in [2.75, 3.05) is 5.73 Å². The lowest BCUT2D eigenvalue weighted by molar-refractivity contribution is 0.976. The van der Waals surface area contributed by atoms with E-state index in [0.717, 1.165) is 22.3 Å². The second kappa shape index (κ2) is 4.03. The van der Waals surface area contributed by atoms with E-state index in [-0.39, 0.29) is 0 Å². The minimum absolute atomic E-state index is 0.478. The number of rotatable bonds is 1. The highest BCUT2D eigenvalue weighted by Gasteiger charge is 2.09. The molecule has 89 valence electrons. The van der Waals surface area contributed by atoms with Crippen molar-refractivity contribution in [3.8, 4) is 11.3 Å². The standard InChI is InChI=1S/C14H11ClN3/c1-18-12-5-6-14(16)17-11(12)8-13(18)9-3-2-4-10(15)7-9/h2-4,6-8H,1H3,(H2,16,17). The van der Waals surface area contributed by atoms with E-state index < -0.39 is 0 Å². The van der Waals surface area contributed by atoms with E-state index in [4.69, 9.17) is 17.3 Å². The van der Waals surface area contributed by atoms with Gasteiger partial charge in [-0.2, -0.15) is 0 Å². The maximum atomic E-state index is 6.02. The van der Waals surface area contributed by atoms with Gasteiger partial charge in [0.25, 0.3) is 0 Å². The lowest BCUT2D eigenvalue weighted by atomic mass is 10.1. The van der Waals surface area contributed by atoms with Crippen molar-refractivity contribution < 1.29 is 0 Å². The van der Waals surface area contributed by atoms with E-state index in [0.29, 0.717) is 10.8 Å². The third-order valence-corrected chi connectivity index (χ3v) is 3.17. The Balaban J connectivity index is 2.27. The molecule has 2 N–H and O–H groups in total. The summed E-state index contributed by atoms with van der Waals surface area (Å²) in [7, 11) is 1.98. The van der Waals surface area contributed by atoms with Crippen LogP contribution in [0.15, 0.2) is 36.4 Å². The Morgan fingerprint density at radius 3 is 2.94 bits per heavy atom. The van der Waals surface area contributed by atoms with E-state index in [1.54, 1.807) is 6.07 Å². The van der Waals surface area contributed by atoms with Crippen LogP contribution in [0.5, 0.6) is 0 Å². The van der Waals surface area contributed by atoms with Crippen LogP contribution < -0.4 is 5.73 Å². The normalized spacial score (nSPS) is 11.0. The molecular weight excluding hydrogens is 246 g/mol. The van der Waals surface area contributed by atoms with Gasteiger partial charge in [0.1, 0.15) is 5.82 Å². The molecule has 0 saturated heterocycles. The van der Waals surface area contributed by atoms with Crippen molar-refractivity contribution in [1.29, 1.82) is 0 Å². The predicted octanol–water partition coefficient (Wildman–Crippen LogP) is 3.28. The summed E-state index contributed by atoms with van der Waals surface area (Å²) in [4.78, 5) is 4.30. The van der Waals surface area contributed by atoms with Crippen LogP contribution in [0.1, 0.15) is 0 Å². The summed E-state index contributed by atoms with van der Waals surface area (Å²) in [5.41, 5.74) is 9.54. The average molecular weight is 257 g/mol. The molecule has 3 rings (SSSR count). The zero-order chi connectivity index (χ0) is 12.7. The van der Waals surface area contributed by atoms with Gasteiger partial charge in [-0.25, -0.2) is 4.98 Å². The van der Waals surface area contributed by atoms with Gasteiger partial charge in [0.05, 0.1) is 16.7 Å². The molecule has 0 aliphatic rings. The summed E-state index contributed by atoms with van der Waals surface area (Å²) in [5.74, 6) is 0.478. The number of nitrogens with zero attached hydrogens (tertiary/aromatic N) is 2. The molecule has 3 aromatic rings. The van der Waals surface area contributed by atoms with Crippen molar-refractivity contribution in [2.24, 2.45) is 7.05 Å². The molecule has 1 aromatic carbocycles. The van der Waals surface area contributed by atoms with Gasteiger partial charge in [0.2, 0.25) is 0 Å². The van der Waals surface area contributed by atoms with Crippen molar-refractivity contribution in [3.63, 3.8) is 0 Å². The second-order valence-electron chi connectivity index (χ2n) is 4.16. The molecule has 0 bridgehead atoms. The van der Waals surface area contributed by atoms with Gasteiger partial charge in [-0.05, 0) is 29.8 Å². The number of fused-ring (bicyclic) bond motifs is 1. The molecular formula is C14H11ClN3. The molecule has 2 aromatic heterocycles. The summed E-state index contributed by atoms with van der Waals surface area (Å²) >= 11 is 6.02. The SMILES string of the molecule is Cn1c(-c2cccc(Cl)c2)cc2nc(N)c[c]c21. The van der Waals surface area contributed by atoms with Crippen LogP contribution in [0.2, 0.25) is 5.02 Å². The van der Waals surface area contributed by atoms with Crippen molar-refractivity contribution in [3.05, 3.63) is 47.5 Å². The maximum absolute atomic E-state index is 6.02. The van der Waals surface area contributed by atoms with E-state index in [9.17, 15) is 0 Å². The summed E-state index contributed by atoms with van der Waals surface area (Å²) in [5, 5.41) is 0.717. The third kappa shape index (κ3) is 1.73. The molecule has 0 aliphatic carbocycles. The number of halogens is 1. The first-order valence-electron chi connectivity index (χ1n) is 5.55. The monoisotopic (exact) mass is 256 g/mol. The minimum Gasteiger partial charge on any atom is -0.384 e. The van der Waals surface area contributed by atoms with Gasteiger partial charge in [0.15, 0.2) is 0 Å². The molecule has 18 heavy (non-hydrogen) atoms. The fourth-order valence-electron chi connectivity index (χ4n) is 2.08. The fourth-order valence-corrected chi connectivity index (χ4v) is 2.27. The number of nitrogen functional groups attached to an aromatic ring is 1. The summed E-state index contributed by atoms with van der Waals surface area (Å²) in [6, 6.07) is 14.5. The zero-order valence-electron chi connectivity index (χ0n) is 9.81. The van der Waals surface area contributed by atoms with E-state index in [1.165, 1.54) is 0 Å². The van der Waals surface area contributed by atoms with Crippen LogP contribution in [-0.2, 0) is 7.05 Å². The number of hydrogen-bond acceptors (Lipinski definition) is 2. The van der Waals surface area contributed by atoms with Gasteiger partial charge in [-0.1, -0.05) is 23.7 Å². The Hall–Kier alpha value is -2.00. The number of anilines is 1. The molecule has 3 nitrogen and oxygen atoms in total. The van der Waals surface area contributed by atoms with Crippen LogP contribution in [0.3, 0.4) is 0 Å². The number of aryl methyl sites for hydroxylation is 1. The van der Waals surface area contributed by atoms with Crippen LogP contribution in [0.25, 0.3) is 22.3 Å². The topological polar surface area (TPSA) is 43.8 Å². The van der Waals surface area contributed by atoms with Crippen molar-refractivity contribution in [2.45, 2.75) is 0 Å². The Bertz CT molecular complexity index is 731. The third-order valence-electron chi connectivity index (χ3n) is 2.94. The van der Waals surface area contributed by atoms with Crippen LogP contribution in [0, 0.1) is 6.07 Å². The van der Waals surface area contributed by atoms with E-state index >= 15 is 0 Å². The summed E-state index contributed by atoms with van der Waals surface area (Å²) in [6.45, 7) is 0. The number of pyridine rings is 1. The summed E-state index contributed by atoms with van der Waals surface area (Å²) < 4.78 is 2.04. The Morgan fingerprint density at radius 2 is 2.17 bits per heavy atom. The first kappa shape index (κ1) is 11.1. The molecule has 0 unspecified atom stereocenters. The quantitative estimate of drug-likeness (QED) is 0.726. The van der Waals surface area contributed by atoms with Gasteiger partial charge in [-0.3, -0.25) is 0 Å². The van der Waals surface area contributed by atoms with Gasteiger partial charge in [-0.15, -0.1) is 0 Å². The van der Waals surface area contributed by atoms with Crippen LogP contribution >= 0.6 is 11.6 Å². The highest BCUT2D eigenvalue weighted by molar-refractivity contribution is 6.30. The largest absolute Gasteiger partial charge is 0.384 e. The summed E-state index contributed by atoms with van der Waals surface area (Å²) in [6.07, 6.45) is 0. The molecule has 0 aliphatic heterocycles. The predicted molar refractivity (Wildman–Crippen MR) is 74.4 cm³/mol. The maximum Gasteiger partial charge on any atom is 0.124 e. The molecule has 0 spiro atoms. The highest BCUT2D eigenvalue weighted by atomic mass is 35.5. The smallest absolute Gasteiger partial charge is 0.124 e. The molecule has 0 atom stereocenters. The fraction of sp³-hybridized carbons (Fsp3) is 0.0714. The highest BCUT2D eigenvalue weighted by Crippen LogP contribution is 2.28. The Kier molecular flexibility index (Phi) is 2.49. The first-order chi connectivity index (χ1) is 8.65. The lowest BCUT2D eigenvalue weighted by Gasteiger charge is -2.04. The van der Waals surface area contributed by atoms with Gasteiger partial charge in [0, 0.05) is 18.1 Å². The number of benzene rings is 1. The average Bonchev–Trinajstić information content (AvgIpc) is 2.66. The Labute approximate surface area is 110 Å². The van der Waals surface area contributed by atoms with Crippen molar-refractivity contribution in [1.82, 2.24) is 9.55 Å². The minimum atomic E-state index is 0.478. The van der Waals surface area contributed by atoms with Gasteiger partial charge >= 0.3 is 0 Å². The van der Waals surface area contributed by atoms with Gasteiger partial charge < -0.3 is 10.3 Å². The number of aromatic nitrogens is 2. The van der Waals surface area contributed by atoms with Crippen molar-refractivity contribution >= 4 is 28.5 Å². The Morgan fingerprint density at radius 1 is 1.33 bits per heavy atom. The van der Waals surface area contributed by atoms with Crippen LogP contribution in [-0.4, -0.2) is 9.55 Å². The molecule has 0 saturated carbocycles.